The number of fused-ring (bicyclic) bond motifs is 1. The third kappa shape index (κ3) is 2.14. The Kier molecular flexibility index (Phi) is 3.36. The maximum absolute atomic E-state index is 10.3. The summed E-state index contributed by atoms with van der Waals surface area (Å²) < 4.78 is 13.3. The summed E-state index contributed by atoms with van der Waals surface area (Å²) in [6.07, 6.45) is 3.39. The molecule has 2 aromatic rings. The van der Waals surface area contributed by atoms with Gasteiger partial charge in [-0.25, -0.2) is 4.98 Å². The van der Waals surface area contributed by atoms with Crippen molar-refractivity contribution in [2.45, 2.75) is 32.1 Å². The summed E-state index contributed by atoms with van der Waals surface area (Å²) in [4.78, 5) is 4.16. The highest BCUT2D eigenvalue weighted by atomic mass is 16.5. The third-order valence-corrected chi connectivity index (χ3v) is 3.70. The lowest BCUT2D eigenvalue weighted by Gasteiger charge is -2.30. The van der Waals surface area contributed by atoms with E-state index in [0.29, 0.717) is 12.2 Å². The van der Waals surface area contributed by atoms with E-state index in [1.165, 1.54) is 0 Å². The smallest absolute Gasteiger partial charge is 0.143 e. The molecule has 5 nitrogen and oxygen atoms in total. The predicted molar refractivity (Wildman–Crippen MR) is 73.8 cm³/mol. The molecule has 0 fully saturated rings. The highest BCUT2D eigenvalue weighted by Crippen LogP contribution is 2.42. The molecule has 20 heavy (non-hydrogen) atoms. The van der Waals surface area contributed by atoms with Crippen molar-refractivity contribution in [2.75, 3.05) is 7.11 Å². The first-order chi connectivity index (χ1) is 9.72. The average Bonchev–Trinajstić information content (AvgIpc) is 2.95. The van der Waals surface area contributed by atoms with Crippen LogP contribution in [-0.2, 0) is 6.54 Å². The molecule has 2 heterocycles. The Bertz CT molecular complexity index is 609. The molecule has 1 aromatic heterocycles. The molecule has 3 rings (SSSR count). The van der Waals surface area contributed by atoms with Gasteiger partial charge in [-0.15, -0.1) is 0 Å². The minimum absolute atomic E-state index is 0.188. The van der Waals surface area contributed by atoms with E-state index in [1.807, 2.05) is 22.8 Å². The van der Waals surface area contributed by atoms with Gasteiger partial charge in [-0.2, -0.15) is 0 Å². The van der Waals surface area contributed by atoms with Crippen molar-refractivity contribution < 1.29 is 14.6 Å². The Balaban J connectivity index is 1.95. The molecule has 2 atom stereocenters. The second kappa shape index (κ2) is 5.17. The molecule has 1 unspecified atom stereocenters. The van der Waals surface area contributed by atoms with E-state index < -0.39 is 6.10 Å². The molecule has 5 heteroatoms. The van der Waals surface area contributed by atoms with E-state index >= 15 is 0 Å². The fraction of sp³-hybridized carbons (Fsp3) is 0.400. The van der Waals surface area contributed by atoms with Crippen LogP contribution in [0.2, 0.25) is 0 Å². The molecule has 1 N–H and O–H groups in total. The highest BCUT2D eigenvalue weighted by molar-refractivity contribution is 5.43. The molecule has 1 aromatic carbocycles. The zero-order valence-electron chi connectivity index (χ0n) is 11.6. The normalized spacial score (nSPS) is 21.1. The van der Waals surface area contributed by atoms with Gasteiger partial charge in [-0.05, 0) is 19.1 Å². The van der Waals surface area contributed by atoms with Gasteiger partial charge in [0.25, 0.3) is 0 Å². The fourth-order valence-corrected chi connectivity index (χ4v) is 2.59. The van der Waals surface area contributed by atoms with Crippen molar-refractivity contribution >= 4 is 0 Å². The number of aromatic nitrogens is 2. The standard InChI is InChI=1S/C15H18N2O3/c1-3-17-9-16-8-12(17)15-7-13(18)11-5-4-10(19-2)6-14(11)20-15/h4-6,8-9,13,15,18H,3,7H2,1-2H3/t13-,15?/m1/s1. The maximum Gasteiger partial charge on any atom is 0.143 e. The van der Waals surface area contributed by atoms with Crippen LogP contribution in [0.4, 0.5) is 0 Å². The van der Waals surface area contributed by atoms with Crippen molar-refractivity contribution in [2.24, 2.45) is 0 Å². The van der Waals surface area contributed by atoms with Gasteiger partial charge in [0, 0.05) is 24.6 Å². The second-order valence-corrected chi connectivity index (χ2v) is 4.87. The van der Waals surface area contributed by atoms with Gasteiger partial charge in [0.05, 0.1) is 31.4 Å². The fourth-order valence-electron chi connectivity index (χ4n) is 2.59. The lowest BCUT2D eigenvalue weighted by molar-refractivity contribution is 0.0617. The minimum atomic E-state index is -0.533. The molecule has 1 aliphatic rings. The molecule has 0 amide bonds. The van der Waals surface area contributed by atoms with Gasteiger partial charge in [-0.3, -0.25) is 0 Å². The van der Waals surface area contributed by atoms with E-state index in [0.717, 1.165) is 23.6 Å². The topological polar surface area (TPSA) is 56.5 Å². The number of benzene rings is 1. The number of nitrogens with zero attached hydrogens (tertiary/aromatic N) is 2. The van der Waals surface area contributed by atoms with Crippen molar-refractivity contribution in [3.8, 4) is 11.5 Å². The van der Waals surface area contributed by atoms with Crippen molar-refractivity contribution in [3.63, 3.8) is 0 Å². The van der Waals surface area contributed by atoms with E-state index in [-0.39, 0.29) is 6.10 Å². The molecular formula is C15H18N2O3. The molecule has 0 aliphatic carbocycles. The lowest BCUT2D eigenvalue weighted by atomic mass is 9.97. The number of methoxy groups -OCH3 is 1. The summed E-state index contributed by atoms with van der Waals surface area (Å²) in [5, 5.41) is 10.3. The van der Waals surface area contributed by atoms with Crippen LogP contribution in [0.3, 0.4) is 0 Å². The molecule has 0 spiro atoms. The van der Waals surface area contributed by atoms with Crippen LogP contribution < -0.4 is 9.47 Å². The average molecular weight is 274 g/mol. The van der Waals surface area contributed by atoms with Gasteiger partial charge in [0.2, 0.25) is 0 Å². The highest BCUT2D eigenvalue weighted by Gasteiger charge is 2.30. The number of aliphatic hydroxyl groups excluding tert-OH is 1. The number of hydrogen-bond donors (Lipinski definition) is 1. The Labute approximate surface area is 117 Å². The largest absolute Gasteiger partial charge is 0.497 e. The number of imidazole rings is 1. The first-order valence-corrected chi connectivity index (χ1v) is 6.75. The number of aryl methyl sites for hydroxylation is 1. The van der Waals surface area contributed by atoms with Gasteiger partial charge in [0.15, 0.2) is 0 Å². The van der Waals surface area contributed by atoms with Crippen LogP contribution in [0.1, 0.15) is 36.8 Å². The van der Waals surface area contributed by atoms with Crippen LogP contribution in [0.5, 0.6) is 11.5 Å². The monoisotopic (exact) mass is 274 g/mol. The molecular weight excluding hydrogens is 256 g/mol. The summed E-state index contributed by atoms with van der Waals surface area (Å²) in [7, 11) is 1.62. The van der Waals surface area contributed by atoms with E-state index in [2.05, 4.69) is 11.9 Å². The quantitative estimate of drug-likeness (QED) is 0.934. The first-order valence-electron chi connectivity index (χ1n) is 6.75. The molecule has 1 aliphatic heterocycles. The zero-order chi connectivity index (χ0) is 14.1. The summed E-state index contributed by atoms with van der Waals surface area (Å²) in [6.45, 7) is 2.89. The summed E-state index contributed by atoms with van der Waals surface area (Å²) in [5.41, 5.74) is 1.80. The molecule has 0 bridgehead atoms. The van der Waals surface area contributed by atoms with Crippen LogP contribution in [0, 0.1) is 0 Å². The SMILES string of the molecule is CCn1cncc1C1C[C@@H](O)c2ccc(OC)cc2O1. The van der Waals surface area contributed by atoms with Gasteiger partial charge in [0.1, 0.15) is 17.6 Å². The van der Waals surface area contributed by atoms with Crippen molar-refractivity contribution in [1.82, 2.24) is 9.55 Å². The summed E-state index contributed by atoms with van der Waals surface area (Å²) in [5.74, 6) is 1.40. The van der Waals surface area contributed by atoms with E-state index in [4.69, 9.17) is 9.47 Å². The van der Waals surface area contributed by atoms with Gasteiger partial charge < -0.3 is 19.1 Å². The van der Waals surface area contributed by atoms with Gasteiger partial charge in [-0.1, -0.05) is 0 Å². The Morgan fingerprint density at radius 1 is 1.50 bits per heavy atom. The minimum Gasteiger partial charge on any atom is -0.497 e. The predicted octanol–water partition coefficient (Wildman–Crippen LogP) is 2.47. The number of hydrogen-bond acceptors (Lipinski definition) is 4. The molecule has 0 saturated carbocycles. The second-order valence-electron chi connectivity index (χ2n) is 4.87. The van der Waals surface area contributed by atoms with Crippen molar-refractivity contribution in [1.29, 1.82) is 0 Å². The Hall–Kier alpha value is -2.01. The van der Waals surface area contributed by atoms with Crippen LogP contribution in [-0.4, -0.2) is 21.8 Å². The zero-order valence-corrected chi connectivity index (χ0v) is 11.6. The Morgan fingerprint density at radius 3 is 3.10 bits per heavy atom. The number of aliphatic hydroxyl groups is 1. The molecule has 0 radical (unpaired) electrons. The molecule has 106 valence electrons. The van der Waals surface area contributed by atoms with Gasteiger partial charge >= 0.3 is 0 Å². The Morgan fingerprint density at radius 2 is 2.35 bits per heavy atom. The maximum atomic E-state index is 10.3. The van der Waals surface area contributed by atoms with Crippen molar-refractivity contribution in [3.05, 3.63) is 42.0 Å². The summed E-state index contributed by atoms with van der Waals surface area (Å²) in [6, 6.07) is 5.51. The van der Waals surface area contributed by atoms with E-state index in [9.17, 15) is 5.11 Å². The number of rotatable bonds is 3. The third-order valence-electron chi connectivity index (χ3n) is 3.70. The number of ether oxygens (including phenoxy) is 2. The van der Waals surface area contributed by atoms with E-state index in [1.54, 1.807) is 19.6 Å². The summed E-state index contributed by atoms with van der Waals surface area (Å²) >= 11 is 0. The molecule has 0 saturated heterocycles. The first kappa shape index (κ1) is 13.0. The van der Waals surface area contributed by atoms with Crippen LogP contribution in [0.25, 0.3) is 0 Å². The lowest BCUT2D eigenvalue weighted by Crippen LogP contribution is -2.21. The van der Waals surface area contributed by atoms with Crippen LogP contribution >= 0.6 is 0 Å². The van der Waals surface area contributed by atoms with Crippen LogP contribution in [0.15, 0.2) is 30.7 Å².